The summed E-state index contributed by atoms with van der Waals surface area (Å²) in [6.07, 6.45) is 1.50. The van der Waals surface area contributed by atoms with Crippen LogP contribution in [-0.4, -0.2) is 28.4 Å². The van der Waals surface area contributed by atoms with Crippen molar-refractivity contribution in [2.24, 2.45) is 0 Å². The third-order valence-corrected chi connectivity index (χ3v) is 5.37. The zero-order chi connectivity index (χ0) is 22.0. The molecule has 1 N–H and O–H groups in total. The van der Waals surface area contributed by atoms with E-state index in [2.05, 4.69) is 10.3 Å². The number of para-hydroxylation sites is 1. The number of carbonyl (C=O) groups is 2. The normalized spacial score (nSPS) is 10.8. The number of anilines is 1. The van der Waals surface area contributed by atoms with E-state index in [-0.39, 0.29) is 0 Å². The number of nitrogens with zero attached hydrogens (tertiary/aromatic N) is 2. The lowest BCUT2D eigenvalue weighted by Gasteiger charge is -2.09. The van der Waals surface area contributed by atoms with Gasteiger partial charge in [-0.3, -0.25) is 9.59 Å². The summed E-state index contributed by atoms with van der Waals surface area (Å²) in [4.78, 5) is 29.9. The fourth-order valence-corrected chi connectivity index (χ4v) is 3.72. The summed E-state index contributed by atoms with van der Waals surface area (Å²) in [6, 6.07) is 18.3. The molecule has 0 unspecified atom stereocenters. The first-order valence-electron chi connectivity index (χ1n) is 9.66. The number of carbonyl (C=O) groups excluding carboxylic acids is 2. The van der Waals surface area contributed by atoms with Crippen molar-refractivity contribution in [2.45, 2.75) is 13.5 Å². The van der Waals surface area contributed by atoms with Gasteiger partial charge in [-0.2, -0.15) is 0 Å². The smallest absolute Gasteiger partial charge is 0.296 e. The van der Waals surface area contributed by atoms with E-state index in [1.165, 1.54) is 13.3 Å². The Labute approximate surface area is 184 Å². The van der Waals surface area contributed by atoms with Crippen LogP contribution in [0.3, 0.4) is 0 Å². The Morgan fingerprint density at radius 3 is 2.58 bits per heavy atom. The Morgan fingerprint density at radius 2 is 1.84 bits per heavy atom. The highest BCUT2D eigenvalue weighted by Gasteiger charge is 2.25. The summed E-state index contributed by atoms with van der Waals surface area (Å²) in [5.74, 6) is -0.967. The van der Waals surface area contributed by atoms with Gasteiger partial charge in [-0.05, 0) is 36.8 Å². The van der Waals surface area contributed by atoms with E-state index in [4.69, 9.17) is 16.3 Å². The van der Waals surface area contributed by atoms with Gasteiger partial charge in [0.25, 0.3) is 11.7 Å². The Balaban J connectivity index is 1.69. The molecule has 0 aliphatic carbocycles. The number of rotatable bonds is 6. The summed E-state index contributed by atoms with van der Waals surface area (Å²) < 4.78 is 7.10. The number of methoxy groups -OCH3 is 1. The molecule has 7 heteroatoms. The van der Waals surface area contributed by atoms with Gasteiger partial charge in [-0.15, -0.1) is 0 Å². The molecule has 0 aliphatic heterocycles. The van der Waals surface area contributed by atoms with Gasteiger partial charge < -0.3 is 14.6 Å². The molecule has 0 saturated heterocycles. The summed E-state index contributed by atoms with van der Waals surface area (Å²) in [7, 11) is 1.48. The maximum absolute atomic E-state index is 13.2. The van der Waals surface area contributed by atoms with Crippen molar-refractivity contribution in [1.82, 2.24) is 9.55 Å². The highest BCUT2D eigenvalue weighted by atomic mass is 35.5. The molecule has 0 radical (unpaired) electrons. The molecular formula is C24H20ClN3O3. The third-order valence-electron chi connectivity index (χ3n) is 5.12. The van der Waals surface area contributed by atoms with Crippen LogP contribution in [0.2, 0.25) is 5.02 Å². The van der Waals surface area contributed by atoms with Crippen LogP contribution in [0, 0.1) is 6.92 Å². The Hall–Kier alpha value is -3.64. The van der Waals surface area contributed by atoms with Gasteiger partial charge in [0, 0.05) is 46.1 Å². The van der Waals surface area contributed by atoms with E-state index in [9.17, 15) is 9.59 Å². The van der Waals surface area contributed by atoms with Crippen LogP contribution in [0.25, 0.3) is 10.9 Å². The van der Waals surface area contributed by atoms with Crippen LogP contribution in [0.15, 0.2) is 66.9 Å². The van der Waals surface area contributed by atoms with Crippen LogP contribution in [0.4, 0.5) is 5.69 Å². The molecule has 1 amide bonds. The monoisotopic (exact) mass is 433 g/mol. The van der Waals surface area contributed by atoms with Gasteiger partial charge in [0.1, 0.15) is 0 Å². The van der Waals surface area contributed by atoms with Crippen molar-refractivity contribution < 1.29 is 14.3 Å². The molecule has 6 nitrogen and oxygen atoms in total. The molecule has 4 aromatic rings. The van der Waals surface area contributed by atoms with Crippen LogP contribution in [-0.2, 0) is 11.3 Å². The van der Waals surface area contributed by atoms with Gasteiger partial charge in [-0.25, -0.2) is 4.98 Å². The van der Waals surface area contributed by atoms with Crippen molar-refractivity contribution in [3.05, 3.63) is 88.7 Å². The zero-order valence-electron chi connectivity index (χ0n) is 17.1. The average Bonchev–Trinajstić information content (AvgIpc) is 3.06. The Morgan fingerprint density at radius 1 is 1.10 bits per heavy atom. The van der Waals surface area contributed by atoms with Crippen molar-refractivity contribution in [1.29, 1.82) is 0 Å². The number of amides is 1. The number of pyridine rings is 1. The highest BCUT2D eigenvalue weighted by Crippen LogP contribution is 2.28. The minimum atomic E-state index is -0.717. The van der Waals surface area contributed by atoms with E-state index in [1.807, 2.05) is 60.0 Å². The van der Waals surface area contributed by atoms with Crippen molar-refractivity contribution >= 4 is 39.9 Å². The summed E-state index contributed by atoms with van der Waals surface area (Å²) in [6.45, 7) is 2.41. The molecule has 2 aromatic carbocycles. The minimum Gasteiger partial charge on any atom is -0.481 e. The summed E-state index contributed by atoms with van der Waals surface area (Å²) >= 11 is 6.00. The van der Waals surface area contributed by atoms with Gasteiger partial charge in [0.2, 0.25) is 5.88 Å². The number of fused-ring (bicyclic) bond motifs is 1. The fourth-order valence-electron chi connectivity index (χ4n) is 3.59. The molecule has 0 spiro atoms. The van der Waals surface area contributed by atoms with E-state index < -0.39 is 11.7 Å². The second-order valence-electron chi connectivity index (χ2n) is 7.06. The number of halogens is 1. The van der Waals surface area contributed by atoms with Gasteiger partial charge >= 0.3 is 0 Å². The molecular weight excluding hydrogens is 414 g/mol. The molecule has 31 heavy (non-hydrogen) atoms. The highest BCUT2D eigenvalue weighted by molar-refractivity contribution is 6.48. The number of benzene rings is 2. The van der Waals surface area contributed by atoms with Gasteiger partial charge in [0.05, 0.1) is 12.7 Å². The van der Waals surface area contributed by atoms with Crippen LogP contribution < -0.4 is 10.1 Å². The molecule has 2 heterocycles. The second kappa shape index (κ2) is 8.62. The first-order valence-corrected chi connectivity index (χ1v) is 10.0. The molecule has 0 saturated carbocycles. The van der Waals surface area contributed by atoms with E-state index >= 15 is 0 Å². The second-order valence-corrected chi connectivity index (χ2v) is 7.50. The molecule has 0 bridgehead atoms. The lowest BCUT2D eigenvalue weighted by atomic mass is 10.1. The number of Topliss-reactive ketones (excluding diaryl/α,β-unsaturated/α-hetero) is 1. The predicted octanol–water partition coefficient (Wildman–Crippen LogP) is 4.88. The van der Waals surface area contributed by atoms with Crippen molar-refractivity contribution in [3.63, 3.8) is 0 Å². The first-order chi connectivity index (χ1) is 15.0. The molecule has 0 atom stereocenters. The fraction of sp³-hybridized carbons (Fsp3) is 0.125. The quantitative estimate of drug-likeness (QED) is 0.347. The lowest BCUT2D eigenvalue weighted by molar-refractivity contribution is -0.112. The van der Waals surface area contributed by atoms with E-state index in [0.717, 1.165) is 22.2 Å². The van der Waals surface area contributed by atoms with Crippen LogP contribution in [0.5, 0.6) is 5.88 Å². The number of nitrogens with one attached hydrogen (secondary N) is 1. The number of aromatic nitrogens is 2. The maximum atomic E-state index is 13.2. The standard InChI is InChI=1S/C24H20ClN3O3/c1-15-22(23(29)24(30)27-18-11-12-26-21(13-18)31-2)19-5-3-4-6-20(19)28(15)14-16-7-9-17(25)10-8-16/h3-13H,14H2,1-2H3,(H,26,27,30). The largest absolute Gasteiger partial charge is 0.481 e. The maximum Gasteiger partial charge on any atom is 0.296 e. The number of ether oxygens (including phenoxy) is 1. The van der Waals surface area contributed by atoms with Crippen LogP contribution in [0.1, 0.15) is 21.6 Å². The SMILES string of the molecule is COc1cc(NC(=O)C(=O)c2c(C)n(Cc3ccc(Cl)cc3)c3ccccc23)ccn1. The lowest BCUT2D eigenvalue weighted by Crippen LogP contribution is -2.23. The zero-order valence-corrected chi connectivity index (χ0v) is 17.8. The Bertz CT molecular complexity index is 1280. The van der Waals surface area contributed by atoms with Gasteiger partial charge in [0.15, 0.2) is 0 Å². The van der Waals surface area contributed by atoms with E-state index in [1.54, 1.807) is 12.1 Å². The number of hydrogen-bond donors (Lipinski definition) is 1. The van der Waals surface area contributed by atoms with Gasteiger partial charge in [-0.1, -0.05) is 41.9 Å². The number of hydrogen-bond acceptors (Lipinski definition) is 4. The molecule has 0 fully saturated rings. The van der Waals surface area contributed by atoms with Crippen molar-refractivity contribution in [2.75, 3.05) is 12.4 Å². The molecule has 2 aromatic heterocycles. The summed E-state index contributed by atoms with van der Waals surface area (Å²) in [5.41, 5.74) is 3.48. The average molecular weight is 434 g/mol. The topological polar surface area (TPSA) is 73.2 Å². The Kier molecular flexibility index (Phi) is 5.73. The predicted molar refractivity (Wildman–Crippen MR) is 121 cm³/mol. The van der Waals surface area contributed by atoms with Crippen molar-refractivity contribution in [3.8, 4) is 5.88 Å². The summed E-state index contributed by atoms with van der Waals surface area (Å²) in [5, 5.41) is 4.04. The minimum absolute atomic E-state index is 0.348. The van der Waals surface area contributed by atoms with Crippen LogP contribution >= 0.6 is 11.6 Å². The van der Waals surface area contributed by atoms with E-state index in [0.29, 0.717) is 28.7 Å². The first kappa shape index (κ1) is 20.6. The third kappa shape index (κ3) is 4.15. The number of ketones is 1. The molecule has 156 valence electrons. The molecule has 0 aliphatic rings. The molecule has 4 rings (SSSR count).